The first-order valence-electron chi connectivity index (χ1n) is 6.25. The number of nitrogens with zero attached hydrogens (tertiary/aromatic N) is 1. The van der Waals surface area contributed by atoms with E-state index in [9.17, 15) is 8.42 Å². The van der Waals surface area contributed by atoms with Crippen molar-refractivity contribution in [2.45, 2.75) is 19.8 Å². The Bertz CT molecular complexity index is 513. The standard InChI is InChI=1S/C13H22N2O3S/c1-11-6-7-12(10-13(11)15(2)3)14-19(17,18)9-5-4-8-16/h6-7,10,14,16H,4-5,8-9H2,1-3H3. The third-order valence-electron chi connectivity index (χ3n) is 2.79. The molecule has 0 bridgehead atoms. The summed E-state index contributed by atoms with van der Waals surface area (Å²) in [7, 11) is 0.495. The molecule has 2 N–H and O–H groups in total. The summed E-state index contributed by atoms with van der Waals surface area (Å²) in [5.74, 6) is 0.0265. The molecule has 1 aromatic carbocycles. The van der Waals surface area contributed by atoms with Gasteiger partial charge in [-0.05, 0) is 37.5 Å². The minimum Gasteiger partial charge on any atom is -0.396 e. The van der Waals surface area contributed by atoms with Crippen LogP contribution in [0.15, 0.2) is 18.2 Å². The maximum Gasteiger partial charge on any atom is 0.232 e. The van der Waals surface area contributed by atoms with E-state index >= 15 is 0 Å². The van der Waals surface area contributed by atoms with Gasteiger partial charge in [0.05, 0.1) is 11.4 Å². The summed E-state index contributed by atoms with van der Waals surface area (Å²) in [6.07, 6.45) is 0.954. The number of unbranched alkanes of at least 4 members (excludes halogenated alkanes) is 1. The highest BCUT2D eigenvalue weighted by Gasteiger charge is 2.11. The molecule has 108 valence electrons. The Hall–Kier alpha value is -1.27. The molecule has 0 heterocycles. The van der Waals surface area contributed by atoms with Gasteiger partial charge in [-0.1, -0.05) is 6.07 Å². The van der Waals surface area contributed by atoms with Crippen molar-refractivity contribution in [3.63, 3.8) is 0 Å². The lowest BCUT2D eigenvalue weighted by Crippen LogP contribution is -2.17. The molecule has 0 amide bonds. The van der Waals surface area contributed by atoms with Crippen molar-refractivity contribution in [3.05, 3.63) is 23.8 Å². The predicted octanol–water partition coefficient (Wildman–Crippen LogP) is 1.58. The lowest BCUT2D eigenvalue weighted by molar-refractivity contribution is 0.287. The molecule has 0 aliphatic carbocycles. The van der Waals surface area contributed by atoms with Gasteiger partial charge in [-0.2, -0.15) is 0 Å². The normalized spacial score (nSPS) is 11.4. The number of benzene rings is 1. The quantitative estimate of drug-likeness (QED) is 0.747. The third-order valence-corrected chi connectivity index (χ3v) is 4.16. The highest BCUT2D eigenvalue weighted by Crippen LogP contribution is 2.23. The van der Waals surface area contributed by atoms with E-state index < -0.39 is 10.0 Å². The summed E-state index contributed by atoms with van der Waals surface area (Å²) < 4.78 is 26.2. The van der Waals surface area contributed by atoms with Crippen molar-refractivity contribution in [2.24, 2.45) is 0 Å². The van der Waals surface area contributed by atoms with Crippen molar-refractivity contribution in [3.8, 4) is 0 Å². The maximum atomic E-state index is 11.8. The van der Waals surface area contributed by atoms with Gasteiger partial charge < -0.3 is 10.0 Å². The minimum absolute atomic E-state index is 0.0187. The van der Waals surface area contributed by atoms with E-state index in [-0.39, 0.29) is 12.4 Å². The van der Waals surface area contributed by atoms with Crippen molar-refractivity contribution in [1.82, 2.24) is 0 Å². The summed E-state index contributed by atoms with van der Waals surface area (Å²) in [6, 6.07) is 5.46. The zero-order chi connectivity index (χ0) is 14.5. The number of nitrogens with one attached hydrogen (secondary N) is 1. The molecule has 19 heavy (non-hydrogen) atoms. The van der Waals surface area contributed by atoms with E-state index in [0.29, 0.717) is 18.5 Å². The molecule has 1 rings (SSSR count). The van der Waals surface area contributed by atoms with Gasteiger partial charge in [0.1, 0.15) is 0 Å². The van der Waals surface area contributed by atoms with E-state index in [1.807, 2.05) is 38.1 Å². The lowest BCUT2D eigenvalue weighted by atomic mass is 10.2. The van der Waals surface area contributed by atoms with Crippen LogP contribution in [0.4, 0.5) is 11.4 Å². The van der Waals surface area contributed by atoms with Gasteiger partial charge in [-0.25, -0.2) is 8.42 Å². The van der Waals surface area contributed by atoms with Crippen LogP contribution in [-0.2, 0) is 10.0 Å². The fourth-order valence-electron chi connectivity index (χ4n) is 1.79. The van der Waals surface area contributed by atoms with Crippen LogP contribution in [0.2, 0.25) is 0 Å². The second-order valence-corrected chi connectivity index (χ2v) is 6.59. The molecule has 0 atom stereocenters. The van der Waals surface area contributed by atoms with Crippen molar-refractivity contribution in [1.29, 1.82) is 0 Å². The summed E-state index contributed by atoms with van der Waals surface area (Å²) in [4.78, 5) is 1.94. The van der Waals surface area contributed by atoms with Crippen molar-refractivity contribution in [2.75, 3.05) is 36.1 Å². The highest BCUT2D eigenvalue weighted by molar-refractivity contribution is 7.92. The van der Waals surface area contributed by atoms with Crippen LogP contribution in [0.25, 0.3) is 0 Å². The minimum atomic E-state index is -3.34. The number of aliphatic hydroxyl groups is 1. The zero-order valence-corrected chi connectivity index (χ0v) is 12.5. The van der Waals surface area contributed by atoms with E-state index in [4.69, 9.17) is 5.11 Å². The average molecular weight is 286 g/mol. The summed E-state index contributed by atoms with van der Waals surface area (Å²) in [5.41, 5.74) is 2.64. The molecule has 5 nitrogen and oxygen atoms in total. The Morgan fingerprint density at radius 2 is 1.95 bits per heavy atom. The Balaban J connectivity index is 2.79. The Morgan fingerprint density at radius 3 is 2.53 bits per heavy atom. The van der Waals surface area contributed by atoms with Crippen molar-refractivity contribution >= 4 is 21.4 Å². The number of aliphatic hydroxyl groups excluding tert-OH is 1. The molecule has 0 fully saturated rings. The topological polar surface area (TPSA) is 69.6 Å². The summed E-state index contributed by atoms with van der Waals surface area (Å²) in [6.45, 7) is 2.00. The number of aryl methyl sites for hydroxylation is 1. The molecule has 0 spiro atoms. The van der Waals surface area contributed by atoms with Crippen molar-refractivity contribution < 1.29 is 13.5 Å². The molecule has 0 aromatic heterocycles. The molecule has 0 saturated carbocycles. The maximum absolute atomic E-state index is 11.8. The van der Waals surface area contributed by atoms with Crippen LogP contribution in [0, 0.1) is 6.92 Å². The van der Waals surface area contributed by atoms with E-state index in [1.165, 1.54) is 0 Å². The summed E-state index contributed by atoms with van der Waals surface area (Å²) >= 11 is 0. The van der Waals surface area contributed by atoms with Gasteiger partial charge >= 0.3 is 0 Å². The van der Waals surface area contributed by atoms with Crippen LogP contribution in [0.5, 0.6) is 0 Å². The Kier molecular flexibility index (Phi) is 5.62. The molecule has 0 aliphatic rings. The third kappa shape index (κ3) is 5.08. The van der Waals surface area contributed by atoms with Gasteiger partial charge in [0.15, 0.2) is 0 Å². The second-order valence-electron chi connectivity index (χ2n) is 4.75. The Labute approximate surface area is 115 Å². The largest absolute Gasteiger partial charge is 0.396 e. The number of hydrogen-bond acceptors (Lipinski definition) is 4. The van der Waals surface area contributed by atoms with Crippen LogP contribution < -0.4 is 9.62 Å². The number of hydrogen-bond donors (Lipinski definition) is 2. The fraction of sp³-hybridized carbons (Fsp3) is 0.538. The van der Waals surface area contributed by atoms with Crippen LogP contribution in [0.3, 0.4) is 0 Å². The van der Waals surface area contributed by atoms with Gasteiger partial charge in [0.2, 0.25) is 10.0 Å². The number of rotatable bonds is 7. The smallest absolute Gasteiger partial charge is 0.232 e. The van der Waals surface area contributed by atoms with Crippen LogP contribution >= 0.6 is 0 Å². The average Bonchev–Trinajstić information content (AvgIpc) is 2.31. The zero-order valence-electron chi connectivity index (χ0n) is 11.7. The van der Waals surface area contributed by atoms with Gasteiger partial charge in [-0.15, -0.1) is 0 Å². The molecule has 6 heteroatoms. The molecule has 0 unspecified atom stereocenters. The molecule has 0 aliphatic heterocycles. The lowest BCUT2D eigenvalue weighted by Gasteiger charge is -2.17. The fourth-order valence-corrected chi connectivity index (χ4v) is 2.96. The number of sulfonamides is 1. The highest BCUT2D eigenvalue weighted by atomic mass is 32.2. The van der Waals surface area contributed by atoms with E-state index in [0.717, 1.165) is 11.3 Å². The predicted molar refractivity (Wildman–Crippen MR) is 79.2 cm³/mol. The SMILES string of the molecule is Cc1ccc(NS(=O)(=O)CCCCO)cc1N(C)C. The molecule has 0 radical (unpaired) electrons. The van der Waals surface area contributed by atoms with Crippen LogP contribution in [0.1, 0.15) is 18.4 Å². The summed E-state index contributed by atoms with van der Waals surface area (Å²) in [5, 5.41) is 8.66. The molecular weight excluding hydrogens is 264 g/mol. The monoisotopic (exact) mass is 286 g/mol. The second kappa shape index (κ2) is 6.77. The van der Waals surface area contributed by atoms with E-state index in [2.05, 4.69) is 4.72 Å². The number of anilines is 2. The molecular formula is C13H22N2O3S. The van der Waals surface area contributed by atoms with Gasteiger partial charge in [-0.3, -0.25) is 4.72 Å². The first kappa shape index (κ1) is 15.8. The first-order chi connectivity index (χ1) is 8.85. The van der Waals surface area contributed by atoms with Gasteiger partial charge in [0.25, 0.3) is 0 Å². The van der Waals surface area contributed by atoms with Gasteiger partial charge in [0, 0.05) is 26.4 Å². The Morgan fingerprint density at radius 1 is 1.26 bits per heavy atom. The van der Waals surface area contributed by atoms with Crippen LogP contribution in [-0.4, -0.2) is 40.0 Å². The first-order valence-corrected chi connectivity index (χ1v) is 7.90. The van der Waals surface area contributed by atoms with E-state index in [1.54, 1.807) is 6.07 Å². The molecule has 1 aromatic rings. The molecule has 0 saturated heterocycles.